The van der Waals surface area contributed by atoms with Crippen LogP contribution in [0.2, 0.25) is 5.02 Å². The zero-order valence-corrected chi connectivity index (χ0v) is 19.1. The number of rotatable bonds is 5. The van der Waals surface area contributed by atoms with Crippen molar-refractivity contribution in [2.24, 2.45) is 7.05 Å². The number of pyridine rings is 1. The maximum absolute atomic E-state index is 14.7. The summed E-state index contributed by atoms with van der Waals surface area (Å²) < 4.78 is 64.8. The molecular formula is C20H14ClF4N3O5S. The predicted molar refractivity (Wildman–Crippen MR) is 115 cm³/mol. The fourth-order valence-corrected chi connectivity index (χ4v) is 3.64. The van der Waals surface area contributed by atoms with Crippen LogP contribution in [0.15, 0.2) is 44.9 Å². The van der Waals surface area contributed by atoms with Crippen molar-refractivity contribution in [1.29, 1.82) is 0 Å². The molecule has 0 radical (unpaired) electrons. The first-order valence-electron chi connectivity index (χ1n) is 9.09. The van der Waals surface area contributed by atoms with E-state index >= 15 is 0 Å². The van der Waals surface area contributed by atoms with Crippen LogP contribution in [0.4, 0.5) is 17.6 Å². The minimum Gasteiger partial charge on any atom is -0.464 e. The van der Waals surface area contributed by atoms with Crippen LogP contribution in [0.3, 0.4) is 0 Å². The summed E-state index contributed by atoms with van der Waals surface area (Å²) in [6.07, 6.45) is -1.99. The molecule has 0 aliphatic rings. The van der Waals surface area contributed by atoms with Crippen LogP contribution >= 0.6 is 23.4 Å². The molecule has 3 rings (SSSR count). The second kappa shape index (κ2) is 9.50. The lowest BCUT2D eigenvalue weighted by atomic mass is 10.2. The summed E-state index contributed by atoms with van der Waals surface area (Å²) >= 11 is 7.24. The Hall–Kier alpha value is -3.32. The molecule has 0 fully saturated rings. The number of thioether (sulfide) groups is 1. The number of ether oxygens (including phenoxy) is 2. The van der Waals surface area contributed by atoms with Crippen LogP contribution in [0.25, 0.3) is 5.69 Å². The monoisotopic (exact) mass is 519 g/mol. The Morgan fingerprint density at radius 1 is 1.21 bits per heavy atom. The highest BCUT2D eigenvalue weighted by Gasteiger charge is 2.35. The van der Waals surface area contributed by atoms with Crippen molar-refractivity contribution in [3.63, 3.8) is 0 Å². The molecule has 2 heterocycles. The molecule has 14 heteroatoms. The van der Waals surface area contributed by atoms with Gasteiger partial charge in [0.1, 0.15) is 17.3 Å². The lowest BCUT2D eigenvalue weighted by Gasteiger charge is -2.17. The second-order valence-electron chi connectivity index (χ2n) is 6.56. The summed E-state index contributed by atoms with van der Waals surface area (Å²) in [5.74, 6) is -2.44. The Bertz CT molecular complexity index is 1400. The third-order valence-electron chi connectivity index (χ3n) is 4.53. The number of aromatic nitrogens is 3. The summed E-state index contributed by atoms with van der Waals surface area (Å²) in [4.78, 5) is 41.4. The van der Waals surface area contributed by atoms with Gasteiger partial charge in [0.05, 0.1) is 22.7 Å². The van der Waals surface area contributed by atoms with Gasteiger partial charge in [0.2, 0.25) is 0 Å². The maximum Gasteiger partial charge on any atom is 0.431 e. The molecular weight excluding hydrogens is 506 g/mol. The van der Waals surface area contributed by atoms with Gasteiger partial charge in [-0.1, -0.05) is 11.6 Å². The molecule has 1 aromatic carbocycles. The van der Waals surface area contributed by atoms with Crippen molar-refractivity contribution in [2.75, 3.05) is 13.4 Å². The molecule has 180 valence electrons. The van der Waals surface area contributed by atoms with Gasteiger partial charge in [-0.3, -0.25) is 9.36 Å². The van der Waals surface area contributed by atoms with Gasteiger partial charge in [0.15, 0.2) is 11.4 Å². The van der Waals surface area contributed by atoms with Crippen LogP contribution in [-0.4, -0.2) is 33.5 Å². The van der Waals surface area contributed by atoms with E-state index in [0.717, 1.165) is 20.2 Å². The van der Waals surface area contributed by atoms with Crippen molar-refractivity contribution in [3.05, 3.63) is 73.5 Å². The fraction of sp³-hybridized carbons (Fsp3) is 0.200. The van der Waals surface area contributed by atoms with E-state index in [1.54, 1.807) is 6.26 Å². The van der Waals surface area contributed by atoms with Gasteiger partial charge in [0.25, 0.3) is 5.56 Å². The molecule has 0 N–H and O–H groups in total. The molecule has 3 aromatic rings. The van der Waals surface area contributed by atoms with E-state index in [-0.39, 0.29) is 37.4 Å². The standard InChI is InChI=1S/C20H14ClF4N3O5S/c1-27-14(20(23,24)25)8-15(29)28(19(27)31)11-7-12(9(21)6-10(11)22)33-17-13(34-3)4-5-26-16(17)18(30)32-2/h4-8H,1-3H3. The van der Waals surface area contributed by atoms with E-state index in [1.807, 2.05) is 0 Å². The maximum atomic E-state index is 14.7. The Morgan fingerprint density at radius 2 is 1.88 bits per heavy atom. The number of hydrogen-bond donors (Lipinski definition) is 0. The van der Waals surface area contributed by atoms with E-state index in [0.29, 0.717) is 11.0 Å². The summed E-state index contributed by atoms with van der Waals surface area (Å²) in [6.45, 7) is 0. The Kier molecular flexibility index (Phi) is 7.07. The first-order chi connectivity index (χ1) is 15.9. The highest BCUT2D eigenvalue weighted by atomic mass is 35.5. The van der Waals surface area contributed by atoms with Crippen LogP contribution < -0.4 is 16.0 Å². The first-order valence-corrected chi connectivity index (χ1v) is 10.7. The third kappa shape index (κ3) is 4.66. The number of alkyl halides is 3. The number of halogens is 5. The SMILES string of the molecule is COC(=O)c1nccc(SC)c1Oc1cc(-n2c(=O)cc(C(F)(F)F)n(C)c2=O)c(F)cc1Cl. The van der Waals surface area contributed by atoms with Gasteiger partial charge >= 0.3 is 17.8 Å². The predicted octanol–water partition coefficient (Wildman–Crippen LogP) is 4.04. The third-order valence-corrected chi connectivity index (χ3v) is 5.59. The Labute approximate surface area is 197 Å². The molecule has 0 amide bonds. The van der Waals surface area contributed by atoms with Crippen molar-refractivity contribution in [2.45, 2.75) is 11.1 Å². The van der Waals surface area contributed by atoms with E-state index in [2.05, 4.69) is 9.72 Å². The number of esters is 1. The van der Waals surface area contributed by atoms with E-state index in [4.69, 9.17) is 16.3 Å². The van der Waals surface area contributed by atoms with Crippen molar-refractivity contribution in [3.8, 4) is 17.2 Å². The molecule has 2 aromatic heterocycles. The molecule has 0 unspecified atom stereocenters. The topological polar surface area (TPSA) is 92.4 Å². The number of nitrogens with zero attached hydrogens (tertiary/aromatic N) is 3. The normalized spacial score (nSPS) is 11.4. The second-order valence-corrected chi connectivity index (χ2v) is 7.82. The molecule has 8 nitrogen and oxygen atoms in total. The zero-order valence-electron chi connectivity index (χ0n) is 17.6. The van der Waals surface area contributed by atoms with Crippen molar-refractivity contribution >= 4 is 29.3 Å². The molecule has 0 aliphatic carbocycles. The molecule has 0 aliphatic heterocycles. The zero-order chi connectivity index (χ0) is 25.4. The summed E-state index contributed by atoms with van der Waals surface area (Å²) in [5.41, 5.74) is -5.34. The molecule has 0 saturated carbocycles. The van der Waals surface area contributed by atoms with Gasteiger partial charge in [-0.2, -0.15) is 13.2 Å². The van der Waals surface area contributed by atoms with Crippen LogP contribution in [0.5, 0.6) is 11.5 Å². The summed E-state index contributed by atoms with van der Waals surface area (Å²) in [7, 11) is 1.91. The minimum atomic E-state index is -4.99. The smallest absolute Gasteiger partial charge is 0.431 e. The van der Waals surface area contributed by atoms with Crippen LogP contribution in [0.1, 0.15) is 16.2 Å². The number of hydrogen-bond acceptors (Lipinski definition) is 7. The number of carbonyl (C=O) groups is 1. The van der Waals surface area contributed by atoms with Gasteiger partial charge in [-0.05, 0) is 18.4 Å². The van der Waals surface area contributed by atoms with Crippen LogP contribution in [0, 0.1) is 5.82 Å². The fourth-order valence-electron chi connectivity index (χ4n) is 2.93. The Balaban J connectivity index is 2.23. The van der Waals surface area contributed by atoms with Crippen LogP contribution in [-0.2, 0) is 18.0 Å². The van der Waals surface area contributed by atoms with E-state index < -0.39 is 40.6 Å². The number of methoxy groups -OCH3 is 1. The molecule has 0 spiro atoms. The average molecular weight is 520 g/mol. The lowest BCUT2D eigenvalue weighted by Crippen LogP contribution is -2.41. The van der Waals surface area contributed by atoms with Gasteiger partial charge in [-0.25, -0.2) is 23.5 Å². The highest BCUT2D eigenvalue weighted by Crippen LogP contribution is 2.38. The van der Waals surface area contributed by atoms with E-state index in [1.165, 1.54) is 24.0 Å². The van der Waals surface area contributed by atoms with E-state index in [9.17, 15) is 31.9 Å². The van der Waals surface area contributed by atoms with Gasteiger partial charge in [0, 0.05) is 25.4 Å². The molecule has 0 bridgehead atoms. The van der Waals surface area contributed by atoms with Gasteiger partial charge in [-0.15, -0.1) is 11.8 Å². The highest BCUT2D eigenvalue weighted by molar-refractivity contribution is 7.98. The van der Waals surface area contributed by atoms with Gasteiger partial charge < -0.3 is 9.47 Å². The first kappa shape index (κ1) is 25.3. The molecule has 34 heavy (non-hydrogen) atoms. The van der Waals surface area contributed by atoms with Crippen molar-refractivity contribution < 1.29 is 31.8 Å². The largest absolute Gasteiger partial charge is 0.464 e. The lowest BCUT2D eigenvalue weighted by molar-refractivity contribution is -0.144. The number of benzene rings is 1. The Morgan fingerprint density at radius 3 is 2.47 bits per heavy atom. The summed E-state index contributed by atoms with van der Waals surface area (Å²) in [5, 5.41) is -0.315. The average Bonchev–Trinajstić information content (AvgIpc) is 2.77. The van der Waals surface area contributed by atoms with Crippen molar-refractivity contribution in [1.82, 2.24) is 14.1 Å². The molecule has 0 atom stereocenters. The minimum absolute atomic E-state index is 0.103. The summed E-state index contributed by atoms with van der Waals surface area (Å²) in [6, 6.07) is 3.24. The quantitative estimate of drug-likeness (QED) is 0.285. The number of carbonyl (C=O) groups excluding carboxylic acids is 1. The molecule has 0 saturated heterocycles.